The lowest BCUT2D eigenvalue weighted by Gasteiger charge is -2.13. The number of hydrogen-bond acceptors (Lipinski definition) is 2. The maximum absolute atomic E-state index is 12.4. The third kappa shape index (κ3) is 7.01. The third-order valence-corrected chi connectivity index (χ3v) is 7.60. The molecule has 0 fully saturated rings. The van der Waals surface area contributed by atoms with Crippen molar-refractivity contribution in [1.29, 1.82) is 0 Å². The number of allylic oxidation sites excluding steroid dienone is 1. The molecule has 0 saturated carbocycles. The highest BCUT2D eigenvalue weighted by Gasteiger charge is 2.09. The van der Waals surface area contributed by atoms with Crippen LogP contribution >= 0.6 is 11.8 Å². The minimum Gasteiger partial charge on any atom is -0.356 e. The van der Waals surface area contributed by atoms with Gasteiger partial charge in [0.05, 0.1) is 0 Å². The molecular formula is C33H37NOS. The molecule has 0 aliphatic carbocycles. The number of carbonyl (C=O) groups excluding carboxylic acids is 1. The van der Waals surface area contributed by atoms with Crippen LogP contribution in [0, 0.1) is 0 Å². The number of hydrogen-bond donors (Lipinski definition) is 1. The highest BCUT2D eigenvalue weighted by Crippen LogP contribution is 2.32. The van der Waals surface area contributed by atoms with Crippen molar-refractivity contribution in [2.45, 2.75) is 57.3 Å². The minimum absolute atomic E-state index is 0.170. The van der Waals surface area contributed by atoms with E-state index in [1.54, 1.807) is 0 Å². The number of fused-ring (bicyclic) bond motifs is 2. The van der Waals surface area contributed by atoms with E-state index in [-0.39, 0.29) is 5.91 Å². The van der Waals surface area contributed by atoms with Crippen LogP contribution in [0.5, 0.6) is 0 Å². The molecule has 3 heteroatoms. The van der Waals surface area contributed by atoms with E-state index in [0.717, 1.165) is 25.0 Å². The average Bonchev–Trinajstić information content (AvgIpc) is 2.91. The van der Waals surface area contributed by atoms with Gasteiger partial charge in [-0.3, -0.25) is 4.79 Å². The van der Waals surface area contributed by atoms with Gasteiger partial charge in [-0.2, -0.15) is 0 Å². The zero-order valence-electron chi connectivity index (χ0n) is 21.6. The Morgan fingerprint density at radius 1 is 0.861 bits per heavy atom. The number of nitrogens with one attached hydrogen (secondary N) is 1. The second-order valence-corrected chi connectivity index (χ2v) is 10.5. The van der Waals surface area contributed by atoms with Gasteiger partial charge in [0.2, 0.25) is 5.91 Å². The summed E-state index contributed by atoms with van der Waals surface area (Å²) < 4.78 is 0. The molecule has 0 saturated heterocycles. The van der Waals surface area contributed by atoms with Crippen LogP contribution in [0.2, 0.25) is 0 Å². The van der Waals surface area contributed by atoms with Crippen molar-refractivity contribution >= 4 is 39.2 Å². The Morgan fingerprint density at radius 2 is 1.67 bits per heavy atom. The fourth-order valence-electron chi connectivity index (χ4n) is 4.62. The molecule has 0 spiro atoms. The zero-order chi connectivity index (χ0) is 25.2. The highest BCUT2D eigenvalue weighted by molar-refractivity contribution is 7.99. The van der Waals surface area contributed by atoms with E-state index < -0.39 is 0 Å². The number of carbonyl (C=O) groups is 1. The Labute approximate surface area is 220 Å². The largest absolute Gasteiger partial charge is 0.356 e. The van der Waals surface area contributed by atoms with E-state index in [9.17, 15) is 4.79 Å². The molecule has 2 nitrogen and oxygen atoms in total. The van der Waals surface area contributed by atoms with E-state index in [1.807, 2.05) is 11.8 Å². The van der Waals surface area contributed by atoms with E-state index in [4.69, 9.17) is 0 Å². The summed E-state index contributed by atoms with van der Waals surface area (Å²) in [5.74, 6) is 1.14. The molecule has 0 aliphatic rings. The lowest BCUT2D eigenvalue weighted by molar-refractivity contribution is -0.121. The standard InChI is InChI=1S/C33H37NOS/c1-3-5-7-8-13-33(35)34-19-18-29-23-30(27-15-14-25-11-9-10-12-26(25)21-27)22-28-16-17-31(24-32(28)29)36-20-6-4-2/h4,6,9-12,14-17,21-24H,3,5,7-8,13,18-20H2,1-2H3,(H,34,35). The van der Waals surface area contributed by atoms with Gasteiger partial charge in [0, 0.05) is 23.6 Å². The van der Waals surface area contributed by atoms with Crippen LogP contribution < -0.4 is 5.32 Å². The second-order valence-electron chi connectivity index (χ2n) is 9.37. The van der Waals surface area contributed by atoms with Crippen molar-refractivity contribution in [3.63, 3.8) is 0 Å². The van der Waals surface area contributed by atoms with Gasteiger partial charge < -0.3 is 5.32 Å². The van der Waals surface area contributed by atoms with Crippen LogP contribution in [-0.4, -0.2) is 18.2 Å². The van der Waals surface area contributed by atoms with Gasteiger partial charge in [-0.1, -0.05) is 86.9 Å². The van der Waals surface area contributed by atoms with Gasteiger partial charge in [-0.25, -0.2) is 0 Å². The molecular weight excluding hydrogens is 458 g/mol. The molecule has 0 radical (unpaired) electrons. The number of amides is 1. The number of thioether (sulfide) groups is 1. The smallest absolute Gasteiger partial charge is 0.220 e. The first-order valence-electron chi connectivity index (χ1n) is 13.2. The van der Waals surface area contributed by atoms with Crippen molar-refractivity contribution in [1.82, 2.24) is 5.32 Å². The summed E-state index contributed by atoms with van der Waals surface area (Å²) in [4.78, 5) is 13.6. The Bertz CT molecular complexity index is 1340. The van der Waals surface area contributed by atoms with Crippen molar-refractivity contribution < 1.29 is 4.79 Å². The first-order valence-corrected chi connectivity index (χ1v) is 14.2. The van der Waals surface area contributed by atoms with Crippen molar-refractivity contribution in [2.75, 3.05) is 12.3 Å². The normalized spacial score (nSPS) is 11.5. The molecule has 186 valence electrons. The summed E-state index contributed by atoms with van der Waals surface area (Å²) in [7, 11) is 0. The summed E-state index contributed by atoms with van der Waals surface area (Å²) in [5, 5.41) is 8.20. The molecule has 4 aromatic rings. The van der Waals surface area contributed by atoms with E-state index in [0.29, 0.717) is 13.0 Å². The number of rotatable bonds is 12. The first kappa shape index (κ1) is 26.0. The summed E-state index contributed by atoms with van der Waals surface area (Å²) in [6.07, 6.45) is 10.2. The number of unbranched alkanes of at least 4 members (excludes halogenated alkanes) is 3. The molecule has 1 amide bonds. The first-order chi connectivity index (χ1) is 17.7. The predicted octanol–water partition coefficient (Wildman–Crippen LogP) is 8.96. The van der Waals surface area contributed by atoms with Gasteiger partial charge in [0.15, 0.2) is 0 Å². The predicted molar refractivity (Wildman–Crippen MR) is 158 cm³/mol. The summed E-state index contributed by atoms with van der Waals surface area (Å²) in [5.41, 5.74) is 3.74. The molecule has 36 heavy (non-hydrogen) atoms. The Balaban J connectivity index is 1.59. The monoisotopic (exact) mass is 495 g/mol. The van der Waals surface area contributed by atoms with Gasteiger partial charge in [-0.05, 0) is 82.3 Å². The second kappa shape index (κ2) is 13.3. The van der Waals surface area contributed by atoms with Crippen LogP contribution in [0.25, 0.3) is 32.7 Å². The van der Waals surface area contributed by atoms with Crippen LogP contribution in [0.4, 0.5) is 0 Å². The fraction of sp³-hybridized carbons (Fsp3) is 0.303. The molecule has 0 aliphatic heterocycles. The Hall–Kier alpha value is -3.04. The van der Waals surface area contributed by atoms with Crippen LogP contribution in [-0.2, 0) is 11.2 Å². The third-order valence-electron chi connectivity index (χ3n) is 6.65. The molecule has 0 bridgehead atoms. The maximum atomic E-state index is 12.4. The molecule has 0 unspecified atom stereocenters. The zero-order valence-corrected chi connectivity index (χ0v) is 22.4. The van der Waals surface area contributed by atoms with E-state index >= 15 is 0 Å². The molecule has 0 heterocycles. The quantitative estimate of drug-likeness (QED) is 0.121. The Morgan fingerprint density at radius 3 is 2.50 bits per heavy atom. The van der Waals surface area contributed by atoms with Crippen LogP contribution in [0.15, 0.2) is 89.8 Å². The Kier molecular flexibility index (Phi) is 9.63. The van der Waals surface area contributed by atoms with Crippen molar-refractivity contribution in [2.24, 2.45) is 0 Å². The van der Waals surface area contributed by atoms with Gasteiger partial charge in [0.25, 0.3) is 0 Å². The number of benzene rings is 4. The van der Waals surface area contributed by atoms with E-state index in [1.165, 1.54) is 56.0 Å². The molecule has 4 rings (SSSR count). The summed E-state index contributed by atoms with van der Waals surface area (Å²) in [6, 6.07) is 26.6. The molecule has 1 N–H and O–H groups in total. The van der Waals surface area contributed by atoms with Gasteiger partial charge in [0.1, 0.15) is 0 Å². The summed E-state index contributed by atoms with van der Waals surface area (Å²) >= 11 is 1.86. The molecule has 0 aromatic heterocycles. The summed E-state index contributed by atoms with van der Waals surface area (Å²) in [6.45, 7) is 4.92. The fourth-order valence-corrected chi connectivity index (χ4v) is 5.47. The van der Waals surface area contributed by atoms with Crippen molar-refractivity contribution in [3.8, 4) is 11.1 Å². The minimum atomic E-state index is 0.170. The van der Waals surface area contributed by atoms with Crippen LogP contribution in [0.1, 0.15) is 51.5 Å². The molecule has 0 atom stereocenters. The highest BCUT2D eigenvalue weighted by atomic mass is 32.2. The SMILES string of the molecule is CC=CCSc1ccc2cc(-c3ccc4ccccc4c3)cc(CCNC(=O)CCCCCC)c2c1. The maximum Gasteiger partial charge on any atom is 0.220 e. The topological polar surface area (TPSA) is 29.1 Å². The lowest BCUT2D eigenvalue weighted by Crippen LogP contribution is -2.25. The average molecular weight is 496 g/mol. The van der Waals surface area contributed by atoms with E-state index in [2.05, 4.69) is 104 Å². The van der Waals surface area contributed by atoms with Crippen molar-refractivity contribution in [3.05, 3.63) is 90.5 Å². The van der Waals surface area contributed by atoms with Gasteiger partial charge >= 0.3 is 0 Å². The van der Waals surface area contributed by atoms with Crippen LogP contribution in [0.3, 0.4) is 0 Å². The van der Waals surface area contributed by atoms with Gasteiger partial charge in [-0.15, -0.1) is 11.8 Å². The molecule has 4 aromatic carbocycles. The lowest BCUT2D eigenvalue weighted by atomic mass is 9.94.